The van der Waals surface area contributed by atoms with Crippen LogP contribution in [0.15, 0.2) is 42.5 Å². The zero-order valence-corrected chi connectivity index (χ0v) is 16.9. The van der Waals surface area contributed by atoms with Gasteiger partial charge in [-0.25, -0.2) is 0 Å². The van der Waals surface area contributed by atoms with Crippen molar-refractivity contribution >= 4 is 34.4 Å². The lowest BCUT2D eigenvalue weighted by Crippen LogP contribution is -2.38. The molecule has 3 aromatic rings. The van der Waals surface area contributed by atoms with Gasteiger partial charge in [0.05, 0.1) is 10.9 Å². The maximum atomic E-state index is 13.3. The maximum absolute atomic E-state index is 13.3. The number of hydrogen-bond acceptors (Lipinski definition) is 3. The normalized spacial score (nSPS) is 13.6. The summed E-state index contributed by atoms with van der Waals surface area (Å²) in [6.45, 7) is 7.06. The molecule has 0 amide bonds. The number of nitrogens with zero attached hydrogens (tertiary/aromatic N) is 1. The molecule has 0 unspecified atom stereocenters. The van der Waals surface area contributed by atoms with Crippen molar-refractivity contribution in [1.29, 1.82) is 0 Å². The Morgan fingerprint density at radius 2 is 1.71 bits per heavy atom. The van der Waals surface area contributed by atoms with Gasteiger partial charge in [-0.2, -0.15) is 0 Å². The van der Waals surface area contributed by atoms with Crippen molar-refractivity contribution in [1.82, 2.24) is 4.57 Å². The lowest BCUT2D eigenvalue weighted by molar-refractivity contribution is -0.145. The van der Waals surface area contributed by atoms with E-state index in [2.05, 4.69) is 0 Å². The number of aromatic hydroxyl groups is 1. The van der Waals surface area contributed by atoms with E-state index in [-0.39, 0.29) is 17.6 Å². The average Bonchev–Trinajstić information content (AvgIpc) is 2.92. The van der Waals surface area contributed by atoms with Crippen molar-refractivity contribution in [2.24, 2.45) is 5.92 Å². The average molecular weight is 400 g/mol. The topological polar surface area (TPSA) is 79.5 Å². The molecule has 0 bridgehead atoms. The van der Waals surface area contributed by atoms with Crippen LogP contribution in [0.2, 0.25) is 5.02 Å². The van der Waals surface area contributed by atoms with E-state index >= 15 is 0 Å². The van der Waals surface area contributed by atoms with Gasteiger partial charge in [-0.3, -0.25) is 14.2 Å². The number of carboxylic acids is 1. The molecule has 2 N–H and O–H groups in total. The molecule has 0 fully saturated rings. The van der Waals surface area contributed by atoms with E-state index in [1.807, 2.05) is 13.8 Å². The third-order valence-corrected chi connectivity index (χ3v) is 5.85. The summed E-state index contributed by atoms with van der Waals surface area (Å²) in [5.74, 6) is -1.49. The van der Waals surface area contributed by atoms with E-state index in [1.54, 1.807) is 44.2 Å². The molecule has 2 aromatic carbocycles. The van der Waals surface area contributed by atoms with Gasteiger partial charge in [-0.05, 0) is 67.8 Å². The number of phenols is 1. The lowest BCUT2D eigenvalue weighted by atomic mass is 9.72. The van der Waals surface area contributed by atoms with Gasteiger partial charge < -0.3 is 10.2 Å². The maximum Gasteiger partial charge on any atom is 0.314 e. The summed E-state index contributed by atoms with van der Waals surface area (Å²) in [5, 5.41) is 21.1. The molecule has 1 atom stereocenters. The Morgan fingerprint density at radius 1 is 1.11 bits per heavy atom. The van der Waals surface area contributed by atoms with Crippen molar-refractivity contribution in [2.45, 2.75) is 33.1 Å². The van der Waals surface area contributed by atoms with Gasteiger partial charge in [0.25, 0.3) is 5.91 Å². The first-order valence-corrected chi connectivity index (χ1v) is 9.35. The fraction of sp³-hybridized carbons (Fsp3) is 0.273. The molecule has 0 saturated carbocycles. The summed E-state index contributed by atoms with van der Waals surface area (Å²) < 4.78 is 1.51. The highest BCUT2D eigenvalue weighted by Gasteiger charge is 2.43. The minimum Gasteiger partial charge on any atom is -0.508 e. The Morgan fingerprint density at radius 3 is 2.25 bits per heavy atom. The summed E-state index contributed by atoms with van der Waals surface area (Å²) in [6, 6.07) is 11.2. The molecule has 0 saturated heterocycles. The van der Waals surface area contributed by atoms with Gasteiger partial charge in [0.1, 0.15) is 5.75 Å². The Kier molecular flexibility index (Phi) is 4.98. The van der Waals surface area contributed by atoms with Gasteiger partial charge in [0, 0.05) is 21.7 Å². The number of carboxylic acid groups (broad SMARTS) is 1. The first-order chi connectivity index (χ1) is 13.1. The zero-order chi connectivity index (χ0) is 20.8. The summed E-state index contributed by atoms with van der Waals surface area (Å²) in [5.41, 5.74) is 0.827. The van der Waals surface area contributed by atoms with Gasteiger partial charge in [-0.15, -0.1) is 0 Å². The predicted octanol–water partition coefficient (Wildman–Crippen LogP) is 5.00. The first-order valence-electron chi connectivity index (χ1n) is 8.97. The molecular formula is C22H22ClNO4. The summed E-state index contributed by atoms with van der Waals surface area (Å²) in [6.07, 6.45) is 0. The van der Waals surface area contributed by atoms with Crippen LogP contribution < -0.4 is 0 Å². The number of carbonyl (C=O) groups is 2. The van der Waals surface area contributed by atoms with Gasteiger partial charge in [0.15, 0.2) is 0 Å². The molecule has 28 heavy (non-hydrogen) atoms. The summed E-state index contributed by atoms with van der Waals surface area (Å²) in [4.78, 5) is 25.5. The zero-order valence-electron chi connectivity index (χ0n) is 16.2. The van der Waals surface area contributed by atoms with Crippen LogP contribution in [0.4, 0.5) is 0 Å². The smallest absolute Gasteiger partial charge is 0.314 e. The minimum absolute atomic E-state index is 0.0151. The van der Waals surface area contributed by atoms with Crippen LogP contribution in [-0.4, -0.2) is 26.7 Å². The van der Waals surface area contributed by atoms with Crippen LogP contribution in [-0.2, 0) is 10.2 Å². The second-order valence-corrected chi connectivity index (χ2v) is 7.91. The van der Waals surface area contributed by atoms with Gasteiger partial charge >= 0.3 is 5.97 Å². The highest BCUT2D eigenvalue weighted by atomic mass is 35.5. The van der Waals surface area contributed by atoms with Gasteiger partial charge in [-0.1, -0.05) is 25.4 Å². The highest BCUT2D eigenvalue weighted by molar-refractivity contribution is 6.30. The molecule has 5 nitrogen and oxygen atoms in total. The summed E-state index contributed by atoms with van der Waals surface area (Å²) in [7, 11) is 0. The number of carbonyl (C=O) groups excluding carboxylic acids is 1. The first kappa shape index (κ1) is 20.0. The van der Waals surface area contributed by atoms with E-state index in [4.69, 9.17) is 11.6 Å². The largest absolute Gasteiger partial charge is 0.508 e. The van der Waals surface area contributed by atoms with Crippen molar-refractivity contribution in [3.63, 3.8) is 0 Å². The predicted molar refractivity (Wildman–Crippen MR) is 109 cm³/mol. The molecule has 0 aliphatic heterocycles. The number of hydrogen-bond donors (Lipinski definition) is 2. The molecule has 1 heterocycles. The number of aromatic nitrogens is 1. The fourth-order valence-corrected chi connectivity index (χ4v) is 3.81. The molecule has 0 spiro atoms. The number of benzene rings is 2. The minimum atomic E-state index is -1.23. The third-order valence-electron chi connectivity index (χ3n) is 5.60. The Labute approximate surface area is 168 Å². The Hall–Kier alpha value is -2.79. The molecule has 0 radical (unpaired) electrons. The van der Waals surface area contributed by atoms with Crippen molar-refractivity contribution in [3.05, 3.63) is 64.3 Å². The molecular weight excluding hydrogens is 378 g/mol. The fourth-order valence-electron chi connectivity index (χ4n) is 3.69. The quantitative estimate of drug-likeness (QED) is 0.647. The number of phenolic OH excluding ortho intramolecular Hbond substituents is 1. The van der Waals surface area contributed by atoms with E-state index in [1.165, 1.54) is 16.7 Å². The van der Waals surface area contributed by atoms with E-state index in [0.29, 0.717) is 32.7 Å². The summed E-state index contributed by atoms with van der Waals surface area (Å²) >= 11 is 5.93. The van der Waals surface area contributed by atoms with Crippen LogP contribution in [0.3, 0.4) is 0 Å². The lowest BCUT2D eigenvalue weighted by Gasteiger charge is -2.30. The van der Waals surface area contributed by atoms with Crippen molar-refractivity contribution in [3.8, 4) is 5.75 Å². The number of halogens is 1. The van der Waals surface area contributed by atoms with Crippen LogP contribution >= 0.6 is 11.6 Å². The van der Waals surface area contributed by atoms with E-state index in [9.17, 15) is 19.8 Å². The molecule has 3 rings (SSSR count). The van der Waals surface area contributed by atoms with Crippen LogP contribution in [0.5, 0.6) is 5.75 Å². The van der Waals surface area contributed by atoms with Crippen LogP contribution in [0, 0.1) is 12.8 Å². The standard InChI is InChI=1S/C22H22ClNO4/c1-12(2)22(4,21(27)28)19-13(3)24(18-10-9-16(25)11-17(18)19)20(26)14-5-7-15(23)8-6-14/h5-12,25H,1-4H3,(H,27,28)/t22-/m1/s1. The molecule has 146 valence electrons. The molecule has 0 aliphatic rings. The molecule has 0 aliphatic carbocycles. The molecule has 1 aromatic heterocycles. The van der Waals surface area contributed by atoms with Crippen LogP contribution in [0.1, 0.15) is 42.4 Å². The number of fused-ring (bicyclic) bond motifs is 1. The number of rotatable bonds is 4. The van der Waals surface area contributed by atoms with Crippen molar-refractivity contribution < 1.29 is 19.8 Å². The second kappa shape index (κ2) is 6.99. The highest BCUT2D eigenvalue weighted by Crippen LogP contribution is 2.42. The molecule has 6 heteroatoms. The van der Waals surface area contributed by atoms with E-state index in [0.717, 1.165) is 0 Å². The van der Waals surface area contributed by atoms with E-state index < -0.39 is 11.4 Å². The third kappa shape index (κ3) is 2.96. The Balaban J connectivity index is 2.37. The Bertz CT molecular complexity index is 1080. The van der Waals surface area contributed by atoms with Gasteiger partial charge in [0.2, 0.25) is 0 Å². The SMILES string of the molecule is Cc1c([C@](C)(C(=O)O)C(C)C)c2cc(O)ccc2n1C(=O)c1ccc(Cl)cc1. The van der Waals surface area contributed by atoms with Crippen molar-refractivity contribution in [2.75, 3.05) is 0 Å². The van der Waals surface area contributed by atoms with Crippen LogP contribution in [0.25, 0.3) is 10.9 Å². The monoisotopic (exact) mass is 399 g/mol. The second-order valence-electron chi connectivity index (χ2n) is 7.47. The number of aliphatic carboxylic acids is 1.